The number of hydrogen-bond acceptors (Lipinski definition) is 3. The van der Waals surface area contributed by atoms with Gasteiger partial charge in [0.1, 0.15) is 5.60 Å². The third-order valence-electron chi connectivity index (χ3n) is 3.93. The Morgan fingerprint density at radius 2 is 1.90 bits per heavy atom. The van der Waals surface area contributed by atoms with Crippen molar-refractivity contribution in [3.63, 3.8) is 0 Å². The molecule has 0 aromatic heterocycles. The standard InChI is InChI=1S/C15H21ClN2O2.ClH/c1-11(12-3-5-13(16)6-4-12)18-14(19)15(20-2)7-9-17-10-8-15;/h3-6,11,17H,7-10H2,1-2H3,(H,18,19);1H. The zero-order valence-electron chi connectivity index (χ0n) is 12.3. The zero-order valence-corrected chi connectivity index (χ0v) is 13.9. The van der Waals surface area contributed by atoms with Gasteiger partial charge in [0.15, 0.2) is 0 Å². The number of carbonyl (C=O) groups is 1. The molecule has 1 aliphatic heterocycles. The summed E-state index contributed by atoms with van der Waals surface area (Å²) in [5.74, 6) is -0.0380. The molecule has 0 radical (unpaired) electrons. The molecule has 6 heteroatoms. The molecule has 2 N–H and O–H groups in total. The summed E-state index contributed by atoms with van der Waals surface area (Å²) in [7, 11) is 1.61. The van der Waals surface area contributed by atoms with Crippen molar-refractivity contribution >= 4 is 29.9 Å². The minimum atomic E-state index is -0.702. The fourth-order valence-corrected chi connectivity index (χ4v) is 2.64. The molecule has 118 valence electrons. The molecule has 0 spiro atoms. The molecule has 0 bridgehead atoms. The lowest BCUT2D eigenvalue weighted by Gasteiger charge is -2.35. The summed E-state index contributed by atoms with van der Waals surface area (Å²) < 4.78 is 5.52. The summed E-state index contributed by atoms with van der Waals surface area (Å²) in [6, 6.07) is 7.44. The van der Waals surface area contributed by atoms with Crippen LogP contribution < -0.4 is 10.6 Å². The number of rotatable bonds is 4. The number of nitrogens with one attached hydrogen (secondary N) is 2. The van der Waals surface area contributed by atoms with E-state index in [4.69, 9.17) is 16.3 Å². The molecule has 1 amide bonds. The van der Waals surface area contributed by atoms with Gasteiger partial charge in [0.2, 0.25) is 0 Å². The van der Waals surface area contributed by atoms with Crippen LogP contribution in [0, 0.1) is 0 Å². The Bertz CT molecular complexity index is 459. The smallest absolute Gasteiger partial charge is 0.252 e. The molecule has 21 heavy (non-hydrogen) atoms. The SMILES string of the molecule is COC1(C(=O)NC(C)c2ccc(Cl)cc2)CCNCC1.Cl. The molecule has 1 aromatic rings. The van der Waals surface area contributed by atoms with Crippen molar-refractivity contribution in [3.05, 3.63) is 34.9 Å². The van der Waals surface area contributed by atoms with E-state index in [2.05, 4.69) is 10.6 Å². The third kappa shape index (κ3) is 4.33. The summed E-state index contributed by atoms with van der Waals surface area (Å²) in [4.78, 5) is 12.5. The van der Waals surface area contributed by atoms with Gasteiger partial charge < -0.3 is 15.4 Å². The van der Waals surface area contributed by atoms with E-state index < -0.39 is 5.60 Å². The van der Waals surface area contributed by atoms with Crippen LogP contribution in [0.15, 0.2) is 24.3 Å². The van der Waals surface area contributed by atoms with Gasteiger partial charge in [-0.15, -0.1) is 12.4 Å². The summed E-state index contributed by atoms with van der Waals surface area (Å²) in [6.45, 7) is 3.57. The van der Waals surface area contributed by atoms with Gasteiger partial charge in [0.05, 0.1) is 6.04 Å². The predicted molar refractivity (Wildman–Crippen MR) is 87.1 cm³/mol. The fourth-order valence-electron chi connectivity index (χ4n) is 2.52. The highest BCUT2D eigenvalue weighted by atomic mass is 35.5. The molecule has 1 heterocycles. The third-order valence-corrected chi connectivity index (χ3v) is 4.19. The second-order valence-corrected chi connectivity index (χ2v) is 5.63. The van der Waals surface area contributed by atoms with Gasteiger partial charge in [0.25, 0.3) is 5.91 Å². The predicted octanol–water partition coefficient (Wildman–Crippen LogP) is 2.71. The molecule has 0 aliphatic carbocycles. The van der Waals surface area contributed by atoms with Gasteiger partial charge in [-0.1, -0.05) is 23.7 Å². The number of methoxy groups -OCH3 is 1. The van der Waals surface area contributed by atoms with E-state index in [-0.39, 0.29) is 24.4 Å². The highest BCUT2D eigenvalue weighted by Crippen LogP contribution is 2.24. The van der Waals surface area contributed by atoms with Crippen molar-refractivity contribution in [1.82, 2.24) is 10.6 Å². The Balaban J connectivity index is 0.00000220. The van der Waals surface area contributed by atoms with Gasteiger partial charge in [-0.2, -0.15) is 0 Å². The van der Waals surface area contributed by atoms with Crippen LogP contribution in [0.3, 0.4) is 0 Å². The van der Waals surface area contributed by atoms with Crippen LogP contribution in [0.5, 0.6) is 0 Å². The summed E-state index contributed by atoms with van der Waals surface area (Å²) in [5.41, 5.74) is 0.328. The molecule has 1 unspecified atom stereocenters. The lowest BCUT2D eigenvalue weighted by atomic mass is 9.90. The second kappa shape index (κ2) is 7.99. The van der Waals surface area contributed by atoms with E-state index in [1.807, 2.05) is 31.2 Å². The minimum absolute atomic E-state index is 0. The Kier molecular flexibility index (Phi) is 6.94. The average Bonchev–Trinajstić information content (AvgIpc) is 2.48. The molecule has 1 atom stereocenters. The normalized spacial score (nSPS) is 18.4. The summed E-state index contributed by atoms with van der Waals surface area (Å²) >= 11 is 5.87. The Labute approximate surface area is 137 Å². The van der Waals surface area contributed by atoms with Gasteiger partial charge in [0, 0.05) is 12.1 Å². The molecule has 4 nitrogen and oxygen atoms in total. The highest BCUT2D eigenvalue weighted by Gasteiger charge is 2.40. The number of halogens is 2. The first-order chi connectivity index (χ1) is 9.57. The molecular formula is C15H22Cl2N2O2. The van der Waals surface area contributed by atoms with E-state index >= 15 is 0 Å². The molecular weight excluding hydrogens is 311 g/mol. The van der Waals surface area contributed by atoms with Crippen molar-refractivity contribution in [1.29, 1.82) is 0 Å². The zero-order chi connectivity index (χ0) is 14.6. The van der Waals surface area contributed by atoms with Crippen LogP contribution in [0.25, 0.3) is 0 Å². The van der Waals surface area contributed by atoms with Crippen LogP contribution in [0.2, 0.25) is 5.02 Å². The minimum Gasteiger partial charge on any atom is -0.368 e. The van der Waals surface area contributed by atoms with E-state index in [0.717, 1.165) is 18.7 Å². The number of amides is 1. The van der Waals surface area contributed by atoms with Crippen LogP contribution in [-0.2, 0) is 9.53 Å². The first-order valence-corrected chi connectivity index (χ1v) is 7.27. The van der Waals surface area contributed by atoms with Gasteiger partial charge in [-0.05, 0) is 50.6 Å². The maximum atomic E-state index is 12.5. The largest absolute Gasteiger partial charge is 0.368 e. The van der Waals surface area contributed by atoms with Crippen LogP contribution in [-0.4, -0.2) is 31.7 Å². The van der Waals surface area contributed by atoms with Crippen LogP contribution in [0.1, 0.15) is 31.4 Å². The van der Waals surface area contributed by atoms with Crippen LogP contribution in [0.4, 0.5) is 0 Å². The lowest BCUT2D eigenvalue weighted by molar-refractivity contribution is -0.147. The average molecular weight is 333 g/mol. The molecule has 1 fully saturated rings. The topological polar surface area (TPSA) is 50.4 Å². The van der Waals surface area contributed by atoms with E-state index in [9.17, 15) is 4.79 Å². The van der Waals surface area contributed by atoms with Crippen molar-refractivity contribution < 1.29 is 9.53 Å². The van der Waals surface area contributed by atoms with Crippen LogP contribution >= 0.6 is 24.0 Å². The van der Waals surface area contributed by atoms with E-state index in [0.29, 0.717) is 17.9 Å². The summed E-state index contributed by atoms with van der Waals surface area (Å²) in [6.07, 6.45) is 1.39. The van der Waals surface area contributed by atoms with Crippen molar-refractivity contribution in [3.8, 4) is 0 Å². The maximum absolute atomic E-state index is 12.5. The monoisotopic (exact) mass is 332 g/mol. The molecule has 2 rings (SSSR count). The highest BCUT2D eigenvalue weighted by molar-refractivity contribution is 6.30. The number of benzene rings is 1. The van der Waals surface area contributed by atoms with E-state index in [1.165, 1.54) is 0 Å². The molecule has 0 saturated carbocycles. The molecule has 1 aliphatic rings. The summed E-state index contributed by atoms with van der Waals surface area (Å²) in [5, 5.41) is 6.98. The Hall–Kier alpha value is -0.810. The maximum Gasteiger partial charge on any atom is 0.252 e. The number of ether oxygens (including phenoxy) is 1. The molecule has 1 aromatic carbocycles. The van der Waals surface area contributed by atoms with Crippen molar-refractivity contribution in [2.45, 2.75) is 31.4 Å². The van der Waals surface area contributed by atoms with Gasteiger partial charge >= 0.3 is 0 Å². The first kappa shape index (κ1) is 18.2. The van der Waals surface area contributed by atoms with Crippen molar-refractivity contribution in [2.24, 2.45) is 0 Å². The lowest BCUT2D eigenvalue weighted by Crippen LogP contribution is -2.54. The number of hydrogen-bond donors (Lipinski definition) is 2. The Morgan fingerprint density at radius 3 is 2.43 bits per heavy atom. The molecule has 1 saturated heterocycles. The fraction of sp³-hybridized carbons (Fsp3) is 0.533. The quantitative estimate of drug-likeness (QED) is 0.891. The van der Waals surface area contributed by atoms with Gasteiger partial charge in [-0.3, -0.25) is 4.79 Å². The first-order valence-electron chi connectivity index (χ1n) is 6.90. The Morgan fingerprint density at radius 1 is 1.33 bits per heavy atom. The number of piperidine rings is 1. The van der Waals surface area contributed by atoms with Gasteiger partial charge in [-0.25, -0.2) is 0 Å². The van der Waals surface area contributed by atoms with E-state index in [1.54, 1.807) is 7.11 Å². The number of carbonyl (C=O) groups excluding carboxylic acids is 1. The van der Waals surface area contributed by atoms with Crippen molar-refractivity contribution in [2.75, 3.05) is 20.2 Å². The second-order valence-electron chi connectivity index (χ2n) is 5.20.